The molecule has 15 heavy (non-hydrogen) atoms. The second kappa shape index (κ2) is 5.26. The number of nitrogens with one attached hydrogen (secondary N) is 1. The van der Waals surface area contributed by atoms with Crippen LogP contribution in [0.1, 0.15) is 0 Å². The van der Waals surface area contributed by atoms with Crippen LogP contribution in [0.5, 0.6) is 0 Å². The van der Waals surface area contributed by atoms with Gasteiger partial charge in [-0.25, -0.2) is 4.79 Å². The number of carboxylic acid groups (broad SMARTS) is 1. The number of carboxylic acids is 1. The number of carbonyl (C=O) groups is 1. The molecule has 0 saturated heterocycles. The Morgan fingerprint density at radius 1 is 1.27 bits per heavy atom. The molecule has 6 heteroatoms. The number of anilines is 1. The Kier molecular flexibility index (Phi) is 4.27. The number of benzene rings is 1. The van der Waals surface area contributed by atoms with E-state index >= 15 is 0 Å². The molecule has 0 unspecified atom stereocenters. The maximum absolute atomic E-state index is 10.2. The molecule has 80 valence electrons. The van der Waals surface area contributed by atoms with Gasteiger partial charge in [0, 0.05) is 17.3 Å². The minimum Gasteiger partial charge on any atom is -0.478 e. The summed E-state index contributed by atoms with van der Waals surface area (Å²) in [5, 5.41) is 12.1. The van der Waals surface area contributed by atoms with Crippen LogP contribution in [0, 0.1) is 0 Å². The Labute approximate surface area is 101 Å². The molecule has 0 amide bonds. The van der Waals surface area contributed by atoms with E-state index in [1.165, 1.54) is 18.3 Å². The monoisotopic (exact) mass is 265 g/mol. The first kappa shape index (κ1) is 12.2. The average molecular weight is 267 g/mol. The first-order valence-corrected chi connectivity index (χ1v) is 4.94. The van der Waals surface area contributed by atoms with E-state index in [4.69, 9.17) is 39.9 Å². The lowest BCUT2D eigenvalue weighted by Gasteiger charge is -2.06. The Morgan fingerprint density at radius 3 is 2.27 bits per heavy atom. The lowest BCUT2D eigenvalue weighted by Crippen LogP contribution is -1.93. The second-order valence-corrected chi connectivity index (χ2v) is 3.81. The Morgan fingerprint density at radius 2 is 1.80 bits per heavy atom. The maximum Gasteiger partial charge on any atom is 0.329 e. The van der Waals surface area contributed by atoms with Gasteiger partial charge in [0.1, 0.15) is 0 Å². The van der Waals surface area contributed by atoms with Crippen LogP contribution in [0.15, 0.2) is 24.4 Å². The van der Waals surface area contributed by atoms with E-state index in [2.05, 4.69) is 5.32 Å². The van der Waals surface area contributed by atoms with E-state index in [1.807, 2.05) is 0 Å². The summed E-state index contributed by atoms with van der Waals surface area (Å²) >= 11 is 17.4. The molecule has 0 spiro atoms. The molecule has 0 aliphatic rings. The Balaban J connectivity index is 2.90. The summed E-state index contributed by atoms with van der Waals surface area (Å²) in [6, 6.07) is 3.01. The van der Waals surface area contributed by atoms with Crippen molar-refractivity contribution in [2.45, 2.75) is 0 Å². The molecule has 1 rings (SSSR count). The van der Waals surface area contributed by atoms with Crippen LogP contribution in [-0.2, 0) is 4.79 Å². The molecular formula is C9H6Cl3NO2. The molecule has 0 aliphatic carbocycles. The molecule has 0 fully saturated rings. The van der Waals surface area contributed by atoms with Crippen LogP contribution in [0.25, 0.3) is 0 Å². The highest BCUT2D eigenvalue weighted by atomic mass is 35.5. The van der Waals surface area contributed by atoms with E-state index in [0.29, 0.717) is 20.8 Å². The SMILES string of the molecule is O=C(O)/C=C/Nc1c(Cl)cc(Cl)cc1Cl. The molecule has 1 aromatic carbocycles. The molecule has 0 radical (unpaired) electrons. The van der Waals surface area contributed by atoms with E-state index in [0.717, 1.165) is 6.08 Å². The molecular weight excluding hydrogens is 260 g/mol. The van der Waals surface area contributed by atoms with Crippen LogP contribution >= 0.6 is 34.8 Å². The van der Waals surface area contributed by atoms with Gasteiger partial charge in [0.05, 0.1) is 15.7 Å². The highest BCUT2D eigenvalue weighted by Crippen LogP contribution is 2.33. The summed E-state index contributed by atoms with van der Waals surface area (Å²) in [6.45, 7) is 0. The van der Waals surface area contributed by atoms with Crippen molar-refractivity contribution in [2.75, 3.05) is 5.32 Å². The Bertz CT molecular complexity index is 395. The third-order valence-corrected chi connectivity index (χ3v) is 2.27. The van der Waals surface area contributed by atoms with E-state index in [9.17, 15) is 4.79 Å². The third-order valence-electron chi connectivity index (χ3n) is 1.46. The van der Waals surface area contributed by atoms with Crippen LogP contribution in [0.2, 0.25) is 15.1 Å². The van der Waals surface area contributed by atoms with Crippen molar-refractivity contribution in [3.8, 4) is 0 Å². The van der Waals surface area contributed by atoms with Crippen LogP contribution in [0.4, 0.5) is 5.69 Å². The van der Waals surface area contributed by atoms with Crippen LogP contribution in [-0.4, -0.2) is 11.1 Å². The fourth-order valence-electron chi connectivity index (χ4n) is 0.876. The normalized spacial score (nSPS) is 10.6. The van der Waals surface area contributed by atoms with E-state index < -0.39 is 5.97 Å². The largest absolute Gasteiger partial charge is 0.478 e. The predicted octanol–water partition coefficient (Wildman–Crippen LogP) is 3.66. The van der Waals surface area contributed by atoms with Gasteiger partial charge in [0.2, 0.25) is 0 Å². The summed E-state index contributed by atoms with van der Waals surface area (Å²) < 4.78 is 0. The number of halogens is 3. The predicted molar refractivity (Wildman–Crippen MR) is 61.9 cm³/mol. The van der Waals surface area contributed by atoms with Crippen LogP contribution in [0.3, 0.4) is 0 Å². The quantitative estimate of drug-likeness (QED) is 0.821. The fourth-order valence-corrected chi connectivity index (χ4v) is 1.80. The number of hydrogen-bond donors (Lipinski definition) is 2. The molecule has 0 aliphatic heterocycles. The molecule has 2 N–H and O–H groups in total. The number of hydrogen-bond acceptors (Lipinski definition) is 2. The van der Waals surface area contributed by atoms with Crippen molar-refractivity contribution < 1.29 is 9.90 Å². The maximum atomic E-state index is 10.2. The summed E-state index contributed by atoms with van der Waals surface area (Å²) in [6.07, 6.45) is 2.16. The smallest absolute Gasteiger partial charge is 0.329 e. The van der Waals surface area contributed by atoms with Gasteiger partial charge in [0.25, 0.3) is 0 Å². The van der Waals surface area contributed by atoms with Gasteiger partial charge >= 0.3 is 5.97 Å². The van der Waals surface area contributed by atoms with Gasteiger partial charge in [-0.05, 0) is 12.1 Å². The number of rotatable bonds is 3. The van der Waals surface area contributed by atoms with Gasteiger partial charge < -0.3 is 10.4 Å². The Hall–Kier alpha value is -0.900. The van der Waals surface area contributed by atoms with Gasteiger partial charge in [-0.15, -0.1) is 0 Å². The van der Waals surface area contributed by atoms with E-state index in [1.54, 1.807) is 0 Å². The van der Waals surface area contributed by atoms with Gasteiger partial charge in [0.15, 0.2) is 0 Å². The highest BCUT2D eigenvalue weighted by Gasteiger charge is 2.05. The molecule has 0 aromatic heterocycles. The zero-order valence-electron chi connectivity index (χ0n) is 7.30. The minimum absolute atomic E-state index is 0.322. The molecule has 3 nitrogen and oxygen atoms in total. The zero-order chi connectivity index (χ0) is 11.4. The highest BCUT2D eigenvalue weighted by molar-refractivity contribution is 6.41. The average Bonchev–Trinajstić information content (AvgIpc) is 2.08. The molecule has 0 heterocycles. The first-order chi connectivity index (χ1) is 7.00. The van der Waals surface area contributed by atoms with Crippen molar-refractivity contribution >= 4 is 46.5 Å². The van der Waals surface area contributed by atoms with Crippen molar-refractivity contribution in [1.29, 1.82) is 0 Å². The van der Waals surface area contributed by atoms with Gasteiger partial charge in [-0.1, -0.05) is 34.8 Å². The summed E-state index contributed by atoms with van der Waals surface area (Å²) in [7, 11) is 0. The van der Waals surface area contributed by atoms with Crippen molar-refractivity contribution in [3.63, 3.8) is 0 Å². The molecule has 0 saturated carbocycles. The summed E-state index contributed by atoms with van der Waals surface area (Å²) in [4.78, 5) is 10.2. The lowest BCUT2D eigenvalue weighted by atomic mass is 10.3. The number of aliphatic carboxylic acids is 1. The second-order valence-electron chi connectivity index (χ2n) is 2.56. The van der Waals surface area contributed by atoms with Gasteiger partial charge in [-0.2, -0.15) is 0 Å². The lowest BCUT2D eigenvalue weighted by molar-refractivity contribution is -0.131. The summed E-state index contributed by atoms with van der Waals surface area (Å²) in [5.74, 6) is -1.07. The van der Waals surface area contributed by atoms with Crippen molar-refractivity contribution in [3.05, 3.63) is 39.5 Å². The van der Waals surface area contributed by atoms with Crippen molar-refractivity contribution in [1.82, 2.24) is 0 Å². The van der Waals surface area contributed by atoms with Crippen LogP contribution < -0.4 is 5.32 Å². The zero-order valence-corrected chi connectivity index (χ0v) is 9.57. The summed E-state index contributed by atoms with van der Waals surface area (Å²) in [5.41, 5.74) is 0.417. The van der Waals surface area contributed by atoms with Gasteiger partial charge in [-0.3, -0.25) is 0 Å². The molecule has 0 atom stereocenters. The standard InChI is InChI=1S/C9H6Cl3NO2/c10-5-3-6(11)9(7(12)4-5)13-2-1-8(14)15/h1-4,13H,(H,14,15)/b2-1+. The third kappa shape index (κ3) is 3.63. The first-order valence-electron chi connectivity index (χ1n) is 3.81. The topological polar surface area (TPSA) is 49.3 Å². The van der Waals surface area contributed by atoms with E-state index in [-0.39, 0.29) is 0 Å². The van der Waals surface area contributed by atoms with Crippen molar-refractivity contribution in [2.24, 2.45) is 0 Å². The molecule has 0 bridgehead atoms. The minimum atomic E-state index is -1.07. The fraction of sp³-hybridized carbons (Fsp3) is 0. The molecule has 1 aromatic rings.